The molecule has 0 aromatic heterocycles. The summed E-state index contributed by atoms with van der Waals surface area (Å²) in [5.41, 5.74) is 0. The molecule has 0 aliphatic heterocycles. The highest BCUT2D eigenvalue weighted by molar-refractivity contribution is 5.70. The van der Waals surface area contributed by atoms with E-state index >= 15 is 0 Å². The van der Waals surface area contributed by atoms with Crippen molar-refractivity contribution in [2.75, 3.05) is 41.0 Å². The number of unbranched alkanes of at least 4 members (excludes halogenated alkanes) is 11. The first-order chi connectivity index (χ1) is 26.6. The number of nitrogens with zero attached hydrogens (tertiary/aromatic N) is 1. The average Bonchev–Trinajstić information content (AvgIpc) is 3.14. The van der Waals surface area contributed by atoms with Gasteiger partial charge in [0.1, 0.15) is 12.6 Å². The van der Waals surface area contributed by atoms with E-state index in [1.54, 1.807) is 21.1 Å². The van der Waals surface area contributed by atoms with Crippen LogP contribution in [-0.2, 0) is 28.6 Å². The second-order valence-electron chi connectivity index (χ2n) is 15.2. The lowest BCUT2D eigenvalue weighted by atomic mass is 10.1. The smallest absolute Gasteiger partial charge is 0.306 e. The predicted molar refractivity (Wildman–Crippen MR) is 226 cm³/mol. The summed E-state index contributed by atoms with van der Waals surface area (Å²) < 4.78 is 17.1. The maximum absolute atomic E-state index is 12.7. The van der Waals surface area contributed by atoms with Gasteiger partial charge in [0.15, 0.2) is 6.10 Å². The van der Waals surface area contributed by atoms with Crippen LogP contribution in [-0.4, -0.2) is 75.5 Å². The van der Waals surface area contributed by atoms with Crippen LogP contribution in [0.4, 0.5) is 0 Å². The van der Waals surface area contributed by atoms with Crippen LogP contribution >= 0.6 is 0 Å². The number of carbonyl (C=O) groups excluding carboxylic acids is 3. The van der Waals surface area contributed by atoms with Crippen LogP contribution in [0.15, 0.2) is 72.9 Å². The van der Waals surface area contributed by atoms with Crippen molar-refractivity contribution in [3.05, 3.63) is 72.9 Å². The Balaban J connectivity index is 4.45. The third-order valence-electron chi connectivity index (χ3n) is 9.08. The van der Waals surface area contributed by atoms with Gasteiger partial charge in [-0.25, -0.2) is 0 Å². The lowest BCUT2D eigenvalue weighted by Crippen LogP contribution is -2.55. The zero-order valence-corrected chi connectivity index (χ0v) is 35.6. The van der Waals surface area contributed by atoms with Gasteiger partial charge in [0.25, 0.3) is 0 Å². The molecule has 0 heterocycles. The van der Waals surface area contributed by atoms with Crippen molar-refractivity contribution in [1.82, 2.24) is 0 Å². The predicted octanol–water partition coefficient (Wildman–Crippen LogP) is 10.2. The number of esters is 2. The van der Waals surface area contributed by atoms with Crippen LogP contribution in [0.25, 0.3) is 0 Å². The minimum Gasteiger partial charge on any atom is -0.544 e. The number of rotatable bonds is 37. The summed E-state index contributed by atoms with van der Waals surface area (Å²) >= 11 is 0. The second-order valence-corrected chi connectivity index (χ2v) is 15.2. The number of ether oxygens (including phenoxy) is 3. The van der Waals surface area contributed by atoms with Gasteiger partial charge < -0.3 is 28.6 Å². The third-order valence-corrected chi connectivity index (χ3v) is 9.08. The van der Waals surface area contributed by atoms with E-state index in [4.69, 9.17) is 14.2 Å². The summed E-state index contributed by atoms with van der Waals surface area (Å²) in [5, 5.41) is 11.6. The lowest BCUT2D eigenvalue weighted by Gasteiger charge is -2.34. The molecule has 2 atom stereocenters. The van der Waals surface area contributed by atoms with Crippen molar-refractivity contribution in [3.8, 4) is 0 Å². The monoisotopic (exact) mass is 770 g/mol. The Kier molecular flexibility index (Phi) is 35.5. The van der Waals surface area contributed by atoms with Gasteiger partial charge in [0.05, 0.1) is 40.3 Å². The maximum atomic E-state index is 12.7. The van der Waals surface area contributed by atoms with Crippen LogP contribution < -0.4 is 5.11 Å². The van der Waals surface area contributed by atoms with Gasteiger partial charge in [-0.1, -0.05) is 132 Å². The van der Waals surface area contributed by atoms with Gasteiger partial charge in [-0.3, -0.25) is 9.59 Å². The number of hydrogen-bond acceptors (Lipinski definition) is 7. The van der Waals surface area contributed by atoms with Gasteiger partial charge >= 0.3 is 11.9 Å². The molecule has 8 heteroatoms. The molecule has 0 aromatic rings. The van der Waals surface area contributed by atoms with E-state index in [-0.39, 0.29) is 49.1 Å². The summed E-state index contributed by atoms with van der Waals surface area (Å²) in [7, 11) is 5.38. The number of allylic oxidation sites excluding steroid dienone is 12. The highest BCUT2D eigenvalue weighted by Crippen LogP contribution is 2.12. The fourth-order valence-corrected chi connectivity index (χ4v) is 5.72. The number of hydrogen-bond donors (Lipinski definition) is 0. The molecule has 0 fully saturated rings. The second kappa shape index (κ2) is 37.7. The molecule has 55 heavy (non-hydrogen) atoms. The molecular weight excluding hydrogens is 691 g/mol. The number of carboxylic acid groups (broad SMARTS) is 1. The Labute approximate surface area is 336 Å². The third kappa shape index (κ3) is 36.2. The molecular formula is C47H79NO7. The first-order valence-electron chi connectivity index (χ1n) is 21.5. The Hall–Kier alpha value is -3.23. The molecule has 0 aromatic carbocycles. The molecule has 0 aliphatic carbocycles. The molecule has 0 radical (unpaired) electrons. The number of carboxylic acids is 1. The van der Waals surface area contributed by atoms with Crippen molar-refractivity contribution >= 4 is 17.9 Å². The number of quaternary nitrogens is 1. The van der Waals surface area contributed by atoms with Crippen molar-refractivity contribution in [1.29, 1.82) is 0 Å². The number of likely N-dealkylation sites (N-methyl/N-ethyl adjacent to an activating group) is 1. The highest BCUT2D eigenvalue weighted by atomic mass is 16.6. The van der Waals surface area contributed by atoms with Gasteiger partial charge in [-0.15, -0.1) is 0 Å². The molecule has 2 unspecified atom stereocenters. The molecule has 0 saturated carbocycles. The van der Waals surface area contributed by atoms with Crippen LogP contribution in [0, 0.1) is 0 Å². The first kappa shape index (κ1) is 51.8. The molecule has 0 aliphatic rings. The van der Waals surface area contributed by atoms with Crippen LogP contribution in [0.1, 0.15) is 155 Å². The quantitative estimate of drug-likeness (QED) is 0.0268. The Bertz CT molecular complexity index is 1130. The van der Waals surface area contributed by atoms with Crippen LogP contribution in [0.3, 0.4) is 0 Å². The molecule has 0 spiro atoms. The van der Waals surface area contributed by atoms with E-state index in [0.717, 1.165) is 103 Å². The zero-order chi connectivity index (χ0) is 40.7. The summed E-state index contributed by atoms with van der Waals surface area (Å²) in [6.07, 6.45) is 46.3. The Morgan fingerprint density at radius 3 is 1.51 bits per heavy atom. The Morgan fingerprint density at radius 1 is 0.564 bits per heavy atom. The largest absolute Gasteiger partial charge is 0.544 e. The molecule has 0 N–H and O–H groups in total. The fraction of sp³-hybridized carbons (Fsp3) is 0.681. The van der Waals surface area contributed by atoms with Gasteiger partial charge in [-0.2, -0.15) is 0 Å². The van der Waals surface area contributed by atoms with Crippen molar-refractivity contribution < 1.29 is 38.2 Å². The van der Waals surface area contributed by atoms with Crippen molar-refractivity contribution in [2.24, 2.45) is 0 Å². The van der Waals surface area contributed by atoms with Crippen molar-refractivity contribution in [2.45, 2.75) is 167 Å². The average molecular weight is 770 g/mol. The summed E-state index contributed by atoms with van der Waals surface area (Å²) in [6, 6.07) is -0.735. The van der Waals surface area contributed by atoms with E-state index in [1.165, 1.54) is 19.3 Å². The van der Waals surface area contributed by atoms with Crippen molar-refractivity contribution in [3.63, 3.8) is 0 Å². The van der Waals surface area contributed by atoms with E-state index in [0.29, 0.717) is 6.42 Å². The molecule has 314 valence electrons. The van der Waals surface area contributed by atoms with Gasteiger partial charge in [-0.05, 0) is 77.0 Å². The van der Waals surface area contributed by atoms with Crippen LogP contribution in [0.5, 0.6) is 0 Å². The molecule has 0 saturated heterocycles. The maximum Gasteiger partial charge on any atom is 0.306 e. The van der Waals surface area contributed by atoms with Gasteiger partial charge in [0.2, 0.25) is 0 Å². The lowest BCUT2D eigenvalue weighted by molar-refractivity contribution is -0.889. The first-order valence-corrected chi connectivity index (χ1v) is 21.5. The molecule has 8 nitrogen and oxygen atoms in total. The fourth-order valence-electron chi connectivity index (χ4n) is 5.72. The standard InChI is InChI=1S/C47H79NO7/c1-6-8-10-12-14-16-18-20-22-23-24-26-28-30-32-34-36-38-46(50)55-43(41-53-40-39-44(47(51)52)48(3,4)5)42-54-45(49)37-35-33-31-29-27-25-21-19-17-15-13-11-9-7-2/h8,10,13-16,19-22,24,26,43-44H,6-7,9,11-12,17-18,23,25,27-42H2,1-5H3/b10-8-,15-13-,16-14-,21-19-,22-20-,26-24-. The highest BCUT2D eigenvalue weighted by Gasteiger charge is 2.25. The van der Waals surface area contributed by atoms with E-state index < -0.39 is 18.1 Å². The topological polar surface area (TPSA) is 102 Å². The van der Waals surface area contributed by atoms with E-state index in [2.05, 4.69) is 86.8 Å². The minimum atomic E-state index is -1.13. The van der Waals surface area contributed by atoms with Crippen LogP contribution in [0.2, 0.25) is 0 Å². The molecule has 0 bridgehead atoms. The summed E-state index contributed by atoms with van der Waals surface area (Å²) in [5.74, 6) is -1.79. The summed E-state index contributed by atoms with van der Waals surface area (Å²) in [4.78, 5) is 36.8. The Morgan fingerprint density at radius 2 is 1.02 bits per heavy atom. The SMILES string of the molecule is CC/C=C\C/C=C\C/C=C\C/C=C\CCCCCCC(=O)OC(COCCC(C(=O)[O-])[N+](C)(C)C)COC(=O)CCCCCCC/C=C\C/C=C\CCCC. The van der Waals surface area contributed by atoms with E-state index in [1.807, 2.05) is 0 Å². The summed E-state index contributed by atoms with van der Waals surface area (Å²) in [6.45, 7) is 4.45. The van der Waals surface area contributed by atoms with E-state index in [9.17, 15) is 19.5 Å². The normalized spacial score (nSPS) is 13.7. The molecule has 0 amide bonds. The number of aliphatic carboxylic acids is 1. The van der Waals surface area contributed by atoms with Gasteiger partial charge in [0, 0.05) is 19.3 Å². The molecule has 0 rings (SSSR count). The minimum absolute atomic E-state index is 0.0222. The zero-order valence-electron chi connectivity index (χ0n) is 35.6. The number of carbonyl (C=O) groups is 3.